The van der Waals surface area contributed by atoms with Gasteiger partial charge in [-0.15, -0.1) is 0 Å². The van der Waals surface area contributed by atoms with Crippen molar-refractivity contribution in [3.63, 3.8) is 0 Å². The van der Waals surface area contributed by atoms with Crippen LogP contribution in [-0.4, -0.2) is 25.2 Å². The molecule has 0 bridgehead atoms. The van der Waals surface area contributed by atoms with Gasteiger partial charge in [-0.2, -0.15) is 0 Å². The third-order valence-corrected chi connectivity index (χ3v) is 3.41. The molecule has 1 saturated heterocycles. The van der Waals surface area contributed by atoms with E-state index in [1.165, 1.54) is 38.8 Å². The topological polar surface area (TPSA) is 24.1 Å². The van der Waals surface area contributed by atoms with Crippen LogP contribution in [-0.2, 0) is 0 Å². The van der Waals surface area contributed by atoms with E-state index in [2.05, 4.69) is 17.6 Å². The van der Waals surface area contributed by atoms with Crippen LogP contribution < -0.4 is 10.6 Å². The lowest BCUT2D eigenvalue weighted by molar-refractivity contribution is 0.195. The lowest BCUT2D eigenvalue weighted by Crippen LogP contribution is -2.50. The molecule has 2 nitrogen and oxygen atoms in total. The van der Waals surface area contributed by atoms with Crippen molar-refractivity contribution in [2.45, 2.75) is 44.7 Å². The highest BCUT2D eigenvalue weighted by atomic mass is 15.0. The van der Waals surface area contributed by atoms with Gasteiger partial charge in [-0.1, -0.05) is 6.92 Å². The standard InChI is InChI=1S/C10H20N2/c1-8-2-3-10(8)12-9-4-6-11-7-5-9/h8-12H,2-7H2,1H3. The molecule has 0 aromatic carbocycles. The summed E-state index contributed by atoms with van der Waals surface area (Å²) in [4.78, 5) is 0. The van der Waals surface area contributed by atoms with Crippen molar-refractivity contribution in [3.8, 4) is 0 Å². The molecule has 0 aromatic rings. The fraction of sp³-hybridized carbons (Fsp3) is 1.00. The minimum atomic E-state index is 0.805. The molecule has 0 spiro atoms. The molecule has 1 aliphatic heterocycles. The summed E-state index contributed by atoms with van der Waals surface area (Å²) < 4.78 is 0. The lowest BCUT2D eigenvalue weighted by Gasteiger charge is -2.38. The SMILES string of the molecule is CC1CCC1NC1CCNCC1. The first-order valence-corrected chi connectivity index (χ1v) is 5.33. The maximum atomic E-state index is 3.77. The zero-order valence-corrected chi connectivity index (χ0v) is 7.97. The Hall–Kier alpha value is -0.0800. The van der Waals surface area contributed by atoms with E-state index in [1.54, 1.807) is 0 Å². The second-order valence-electron chi connectivity index (χ2n) is 4.35. The molecule has 0 aromatic heterocycles. The van der Waals surface area contributed by atoms with Crippen LogP contribution in [0.3, 0.4) is 0 Å². The first kappa shape index (κ1) is 8.52. The molecule has 1 saturated carbocycles. The second kappa shape index (κ2) is 3.75. The third kappa shape index (κ3) is 1.80. The summed E-state index contributed by atoms with van der Waals surface area (Å²) >= 11 is 0. The first-order chi connectivity index (χ1) is 5.86. The van der Waals surface area contributed by atoms with E-state index in [9.17, 15) is 0 Å². The highest BCUT2D eigenvalue weighted by Gasteiger charge is 2.28. The van der Waals surface area contributed by atoms with Crippen molar-refractivity contribution < 1.29 is 0 Å². The summed E-state index contributed by atoms with van der Waals surface area (Å²) in [5.74, 6) is 0.930. The molecule has 1 heterocycles. The highest BCUT2D eigenvalue weighted by Crippen LogP contribution is 2.27. The molecule has 2 aliphatic rings. The molecule has 2 rings (SSSR count). The Balaban J connectivity index is 1.70. The average molecular weight is 168 g/mol. The van der Waals surface area contributed by atoms with E-state index in [-0.39, 0.29) is 0 Å². The molecular weight excluding hydrogens is 148 g/mol. The predicted octanol–water partition coefficient (Wildman–Crippen LogP) is 1.13. The van der Waals surface area contributed by atoms with Crippen LogP contribution in [0, 0.1) is 5.92 Å². The molecule has 0 radical (unpaired) electrons. The molecule has 12 heavy (non-hydrogen) atoms. The molecule has 2 N–H and O–H groups in total. The van der Waals surface area contributed by atoms with Gasteiger partial charge < -0.3 is 10.6 Å². The van der Waals surface area contributed by atoms with Crippen molar-refractivity contribution in [1.29, 1.82) is 0 Å². The van der Waals surface area contributed by atoms with E-state index in [1.807, 2.05) is 0 Å². The molecule has 2 atom stereocenters. The summed E-state index contributed by atoms with van der Waals surface area (Å²) in [5.41, 5.74) is 0. The van der Waals surface area contributed by atoms with Gasteiger partial charge in [0.25, 0.3) is 0 Å². The Labute approximate surface area is 75.1 Å². The average Bonchev–Trinajstić information content (AvgIpc) is 2.14. The molecule has 2 heteroatoms. The van der Waals surface area contributed by atoms with Gasteiger partial charge in [0.2, 0.25) is 0 Å². The van der Waals surface area contributed by atoms with Gasteiger partial charge in [0.1, 0.15) is 0 Å². The van der Waals surface area contributed by atoms with Crippen molar-refractivity contribution in [3.05, 3.63) is 0 Å². The fourth-order valence-corrected chi connectivity index (χ4v) is 2.21. The zero-order valence-electron chi connectivity index (χ0n) is 7.97. The van der Waals surface area contributed by atoms with E-state index in [4.69, 9.17) is 0 Å². The van der Waals surface area contributed by atoms with Gasteiger partial charge >= 0.3 is 0 Å². The normalized spacial score (nSPS) is 37.8. The lowest BCUT2D eigenvalue weighted by atomic mass is 9.80. The Bertz CT molecular complexity index is 141. The number of hydrogen-bond donors (Lipinski definition) is 2. The van der Waals surface area contributed by atoms with E-state index >= 15 is 0 Å². The van der Waals surface area contributed by atoms with Gasteiger partial charge in [-0.05, 0) is 44.7 Å². The van der Waals surface area contributed by atoms with Crippen molar-refractivity contribution in [1.82, 2.24) is 10.6 Å². The quantitative estimate of drug-likeness (QED) is 0.646. The summed E-state index contributed by atoms with van der Waals surface area (Å²) in [7, 11) is 0. The summed E-state index contributed by atoms with van der Waals surface area (Å²) in [6.07, 6.45) is 5.49. The van der Waals surface area contributed by atoms with E-state index in [0.29, 0.717) is 0 Å². The fourth-order valence-electron chi connectivity index (χ4n) is 2.21. The van der Waals surface area contributed by atoms with Crippen LogP contribution in [0.5, 0.6) is 0 Å². The van der Waals surface area contributed by atoms with Crippen molar-refractivity contribution >= 4 is 0 Å². The van der Waals surface area contributed by atoms with Gasteiger partial charge in [0, 0.05) is 12.1 Å². The van der Waals surface area contributed by atoms with Crippen LogP contribution >= 0.6 is 0 Å². The molecular formula is C10H20N2. The van der Waals surface area contributed by atoms with Gasteiger partial charge in [-0.3, -0.25) is 0 Å². The van der Waals surface area contributed by atoms with Gasteiger partial charge in [-0.25, -0.2) is 0 Å². The Morgan fingerprint density at radius 3 is 2.33 bits per heavy atom. The van der Waals surface area contributed by atoms with Crippen LogP contribution in [0.15, 0.2) is 0 Å². The summed E-state index contributed by atoms with van der Waals surface area (Å²) in [6, 6.07) is 1.65. The van der Waals surface area contributed by atoms with E-state index < -0.39 is 0 Å². The van der Waals surface area contributed by atoms with Gasteiger partial charge in [0.05, 0.1) is 0 Å². The Kier molecular flexibility index (Phi) is 2.66. The highest BCUT2D eigenvalue weighted by molar-refractivity contribution is 4.87. The third-order valence-electron chi connectivity index (χ3n) is 3.41. The van der Waals surface area contributed by atoms with Crippen LogP contribution in [0.4, 0.5) is 0 Å². The van der Waals surface area contributed by atoms with Crippen LogP contribution in [0.2, 0.25) is 0 Å². The molecule has 2 unspecified atom stereocenters. The van der Waals surface area contributed by atoms with Crippen LogP contribution in [0.25, 0.3) is 0 Å². The minimum absolute atomic E-state index is 0.805. The smallest absolute Gasteiger partial charge is 0.00954 e. The van der Waals surface area contributed by atoms with Crippen molar-refractivity contribution in [2.24, 2.45) is 5.92 Å². The number of nitrogens with one attached hydrogen (secondary N) is 2. The maximum Gasteiger partial charge on any atom is 0.00954 e. The number of piperidine rings is 1. The van der Waals surface area contributed by atoms with Crippen LogP contribution in [0.1, 0.15) is 32.6 Å². The minimum Gasteiger partial charge on any atom is -0.317 e. The zero-order chi connectivity index (χ0) is 8.39. The molecule has 70 valence electrons. The molecule has 2 fully saturated rings. The Morgan fingerprint density at radius 2 is 1.83 bits per heavy atom. The Morgan fingerprint density at radius 1 is 1.08 bits per heavy atom. The van der Waals surface area contributed by atoms with Crippen molar-refractivity contribution in [2.75, 3.05) is 13.1 Å². The maximum absolute atomic E-state index is 3.77. The monoisotopic (exact) mass is 168 g/mol. The summed E-state index contributed by atoms with van der Waals surface area (Å²) in [6.45, 7) is 4.78. The molecule has 1 aliphatic carbocycles. The first-order valence-electron chi connectivity index (χ1n) is 5.33. The second-order valence-corrected chi connectivity index (χ2v) is 4.35. The van der Waals surface area contributed by atoms with Gasteiger partial charge in [0.15, 0.2) is 0 Å². The van der Waals surface area contributed by atoms with E-state index in [0.717, 1.165) is 18.0 Å². The number of rotatable bonds is 2. The molecule has 0 amide bonds. The predicted molar refractivity (Wildman–Crippen MR) is 51.2 cm³/mol. The summed E-state index contributed by atoms with van der Waals surface area (Å²) in [5, 5.41) is 7.16. The largest absolute Gasteiger partial charge is 0.317 e. The number of hydrogen-bond acceptors (Lipinski definition) is 2.